The number of ether oxygens (including phenoxy) is 1. The van der Waals surface area contributed by atoms with Crippen LogP contribution in [0.5, 0.6) is 5.75 Å². The average molecular weight is 436 g/mol. The largest absolute Gasteiger partial charge is 0.497 e. The van der Waals surface area contributed by atoms with Gasteiger partial charge >= 0.3 is 0 Å². The summed E-state index contributed by atoms with van der Waals surface area (Å²) in [6.07, 6.45) is 1.70. The van der Waals surface area contributed by atoms with E-state index >= 15 is 0 Å². The van der Waals surface area contributed by atoms with Crippen LogP contribution < -0.4 is 15.2 Å². The zero-order valence-electron chi connectivity index (χ0n) is 17.0. The molecule has 0 bridgehead atoms. The van der Waals surface area contributed by atoms with Crippen molar-refractivity contribution in [2.75, 3.05) is 12.4 Å². The predicted octanol–water partition coefficient (Wildman–Crippen LogP) is 3.64. The summed E-state index contributed by atoms with van der Waals surface area (Å²) in [7, 11) is -2.10. The van der Waals surface area contributed by atoms with Crippen LogP contribution in [0.4, 0.5) is 11.5 Å². The second-order valence-electron chi connectivity index (χ2n) is 6.91. The number of rotatable bonds is 6. The summed E-state index contributed by atoms with van der Waals surface area (Å²) in [5, 5.41) is 13.0. The summed E-state index contributed by atoms with van der Waals surface area (Å²) in [6, 6.07) is 19.7. The molecule has 31 heavy (non-hydrogen) atoms. The topological polar surface area (TPSA) is 112 Å². The summed E-state index contributed by atoms with van der Waals surface area (Å²) in [5.74, 6) is 1.36. The lowest BCUT2D eigenvalue weighted by Crippen LogP contribution is -2.11. The van der Waals surface area contributed by atoms with Crippen molar-refractivity contribution in [2.45, 2.75) is 11.8 Å². The van der Waals surface area contributed by atoms with Crippen molar-refractivity contribution in [3.8, 4) is 22.7 Å². The van der Waals surface area contributed by atoms with E-state index in [9.17, 15) is 8.42 Å². The number of pyridine rings is 1. The van der Waals surface area contributed by atoms with Crippen LogP contribution in [0.15, 0.2) is 77.8 Å². The van der Waals surface area contributed by atoms with Gasteiger partial charge < -0.3 is 10.1 Å². The average Bonchev–Trinajstić information content (AvgIpc) is 3.15. The summed E-state index contributed by atoms with van der Waals surface area (Å²) in [6.45, 7) is 1.94. The van der Waals surface area contributed by atoms with E-state index in [1.165, 1.54) is 12.1 Å². The third-order valence-electron chi connectivity index (χ3n) is 4.64. The Kier molecular flexibility index (Phi) is 5.45. The normalized spacial score (nSPS) is 11.3. The molecule has 0 amide bonds. The van der Waals surface area contributed by atoms with Gasteiger partial charge in [-0.1, -0.05) is 6.07 Å². The molecule has 4 rings (SSSR count). The van der Waals surface area contributed by atoms with E-state index in [-0.39, 0.29) is 4.90 Å². The van der Waals surface area contributed by atoms with E-state index in [1.807, 2.05) is 54.1 Å². The molecule has 4 aromatic rings. The maximum atomic E-state index is 11.4. The first-order valence-electron chi connectivity index (χ1n) is 9.41. The smallest absolute Gasteiger partial charge is 0.238 e. The van der Waals surface area contributed by atoms with Gasteiger partial charge in [-0.25, -0.2) is 23.2 Å². The molecule has 2 heterocycles. The van der Waals surface area contributed by atoms with Gasteiger partial charge in [0, 0.05) is 23.5 Å². The molecule has 9 heteroatoms. The minimum absolute atomic E-state index is 0.0532. The lowest BCUT2D eigenvalue weighted by atomic mass is 10.1. The predicted molar refractivity (Wildman–Crippen MR) is 119 cm³/mol. The molecule has 0 aliphatic heterocycles. The standard InChI is InChI=1S/C22H21N5O3S/c1-15-12-21(27(26-15)18-4-3-5-19(14-18)30-2)16-10-11-24-22(13-16)25-17-6-8-20(9-7-17)31(23,28)29/h3-14H,1-2H3,(H,24,25)(H2,23,28,29). The molecule has 0 saturated carbocycles. The first kappa shape index (κ1) is 20.6. The minimum atomic E-state index is -3.73. The van der Waals surface area contributed by atoms with E-state index in [1.54, 1.807) is 25.4 Å². The second-order valence-corrected chi connectivity index (χ2v) is 8.47. The summed E-state index contributed by atoms with van der Waals surface area (Å²) >= 11 is 0. The highest BCUT2D eigenvalue weighted by molar-refractivity contribution is 7.89. The highest BCUT2D eigenvalue weighted by Crippen LogP contribution is 2.28. The zero-order chi connectivity index (χ0) is 22.0. The SMILES string of the molecule is COc1cccc(-n2nc(C)cc2-c2ccnc(Nc3ccc(S(N)(=O)=O)cc3)c2)c1. The Morgan fingerprint density at radius 3 is 2.52 bits per heavy atom. The van der Waals surface area contributed by atoms with E-state index in [2.05, 4.69) is 15.4 Å². The number of sulfonamides is 1. The Balaban J connectivity index is 1.66. The van der Waals surface area contributed by atoms with Crippen molar-refractivity contribution in [3.05, 3.63) is 78.6 Å². The number of aryl methyl sites for hydroxylation is 1. The van der Waals surface area contributed by atoms with Crippen LogP contribution in [-0.4, -0.2) is 30.3 Å². The molecule has 0 radical (unpaired) electrons. The molecule has 158 valence electrons. The van der Waals surface area contributed by atoms with Gasteiger partial charge in [-0.2, -0.15) is 5.10 Å². The van der Waals surface area contributed by atoms with Crippen LogP contribution in [0.3, 0.4) is 0 Å². The molecule has 0 unspecified atom stereocenters. The molecule has 0 fully saturated rings. The lowest BCUT2D eigenvalue weighted by molar-refractivity contribution is 0.414. The molecule has 0 atom stereocenters. The molecule has 8 nitrogen and oxygen atoms in total. The number of hydrogen-bond acceptors (Lipinski definition) is 6. The summed E-state index contributed by atoms with van der Waals surface area (Å²) < 4.78 is 30.0. The molecule has 0 saturated heterocycles. The maximum Gasteiger partial charge on any atom is 0.238 e. The van der Waals surface area contributed by atoms with Gasteiger partial charge in [-0.3, -0.25) is 0 Å². The summed E-state index contributed by atoms with van der Waals surface area (Å²) in [4.78, 5) is 4.42. The number of nitrogens with two attached hydrogens (primary N) is 1. The van der Waals surface area contributed by atoms with Crippen LogP contribution in [0, 0.1) is 6.92 Å². The Morgan fingerprint density at radius 1 is 1.03 bits per heavy atom. The fourth-order valence-corrected chi connectivity index (χ4v) is 3.69. The lowest BCUT2D eigenvalue weighted by Gasteiger charge is -2.11. The van der Waals surface area contributed by atoms with Crippen molar-refractivity contribution >= 4 is 21.5 Å². The van der Waals surface area contributed by atoms with Crippen molar-refractivity contribution < 1.29 is 13.2 Å². The zero-order valence-corrected chi connectivity index (χ0v) is 17.8. The fraction of sp³-hybridized carbons (Fsp3) is 0.0909. The second kappa shape index (κ2) is 8.21. The molecule has 0 aliphatic carbocycles. The molecule has 0 aliphatic rings. The van der Waals surface area contributed by atoms with Crippen molar-refractivity contribution in [1.29, 1.82) is 0 Å². The van der Waals surface area contributed by atoms with Gasteiger partial charge in [0.05, 0.1) is 29.1 Å². The van der Waals surface area contributed by atoms with Gasteiger partial charge in [-0.05, 0) is 61.5 Å². The Hall–Kier alpha value is -3.69. The Bertz CT molecular complexity index is 1330. The highest BCUT2D eigenvalue weighted by Gasteiger charge is 2.12. The number of nitrogens with zero attached hydrogens (tertiary/aromatic N) is 3. The van der Waals surface area contributed by atoms with E-state index in [0.717, 1.165) is 28.4 Å². The monoisotopic (exact) mass is 435 g/mol. The highest BCUT2D eigenvalue weighted by atomic mass is 32.2. The van der Waals surface area contributed by atoms with Crippen LogP contribution in [0.2, 0.25) is 0 Å². The van der Waals surface area contributed by atoms with Gasteiger partial charge in [0.2, 0.25) is 10.0 Å². The van der Waals surface area contributed by atoms with E-state index in [4.69, 9.17) is 9.88 Å². The first-order valence-corrected chi connectivity index (χ1v) is 11.0. The molecule has 2 aromatic carbocycles. The van der Waals surface area contributed by atoms with Crippen LogP contribution in [0.25, 0.3) is 16.9 Å². The minimum Gasteiger partial charge on any atom is -0.497 e. The van der Waals surface area contributed by atoms with Gasteiger partial charge in [0.1, 0.15) is 11.6 Å². The van der Waals surface area contributed by atoms with E-state index < -0.39 is 10.0 Å². The summed E-state index contributed by atoms with van der Waals surface area (Å²) in [5.41, 5.74) is 4.27. The quantitative estimate of drug-likeness (QED) is 0.478. The van der Waals surface area contributed by atoms with Crippen molar-refractivity contribution in [2.24, 2.45) is 5.14 Å². The number of primary sulfonamides is 1. The number of anilines is 2. The molecular formula is C22H21N5O3S. The van der Waals surface area contributed by atoms with Gasteiger partial charge in [-0.15, -0.1) is 0 Å². The number of methoxy groups -OCH3 is 1. The first-order chi connectivity index (χ1) is 14.8. The Morgan fingerprint density at radius 2 is 1.81 bits per heavy atom. The van der Waals surface area contributed by atoms with Crippen molar-refractivity contribution in [1.82, 2.24) is 14.8 Å². The molecular weight excluding hydrogens is 414 g/mol. The third kappa shape index (κ3) is 4.57. The number of aromatic nitrogens is 3. The number of benzene rings is 2. The van der Waals surface area contributed by atoms with Crippen LogP contribution >= 0.6 is 0 Å². The molecule has 3 N–H and O–H groups in total. The maximum absolute atomic E-state index is 11.4. The molecule has 0 spiro atoms. The fourth-order valence-electron chi connectivity index (χ4n) is 3.18. The number of nitrogens with one attached hydrogen (secondary N) is 1. The van der Waals surface area contributed by atoms with Gasteiger partial charge in [0.25, 0.3) is 0 Å². The Labute approximate surface area is 180 Å². The van der Waals surface area contributed by atoms with Crippen LogP contribution in [-0.2, 0) is 10.0 Å². The third-order valence-corrected chi connectivity index (χ3v) is 5.57. The van der Waals surface area contributed by atoms with Crippen molar-refractivity contribution in [3.63, 3.8) is 0 Å². The number of hydrogen-bond donors (Lipinski definition) is 2. The van der Waals surface area contributed by atoms with Crippen LogP contribution in [0.1, 0.15) is 5.69 Å². The van der Waals surface area contributed by atoms with E-state index in [0.29, 0.717) is 11.5 Å². The van der Waals surface area contributed by atoms with Gasteiger partial charge in [0.15, 0.2) is 0 Å². The molecule has 2 aromatic heterocycles.